The summed E-state index contributed by atoms with van der Waals surface area (Å²) in [4.78, 5) is 11.5. The van der Waals surface area contributed by atoms with Crippen LogP contribution in [-0.4, -0.2) is 19.4 Å². The summed E-state index contributed by atoms with van der Waals surface area (Å²) in [6.07, 6.45) is 0. The fourth-order valence-electron chi connectivity index (χ4n) is 1.63. The molecule has 0 spiro atoms. The van der Waals surface area contributed by atoms with Crippen molar-refractivity contribution in [2.24, 2.45) is 5.14 Å². The fourth-order valence-corrected chi connectivity index (χ4v) is 2.15. The SMILES string of the molecule is NS(=O)(=O)c1ccc(NC(=O)c2ccccc2O)c(F)c1. The van der Waals surface area contributed by atoms with E-state index in [1.54, 1.807) is 0 Å². The van der Waals surface area contributed by atoms with Gasteiger partial charge in [-0.1, -0.05) is 12.1 Å². The van der Waals surface area contributed by atoms with Crippen molar-refractivity contribution < 1.29 is 22.7 Å². The lowest BCUT2D eigenvalue weighted by atomic mass is 10.2. The van der Waals surface area contributed by atoms with E-state index in [-0.39, 0.29) is 17.0 Å². The number of phenols is 1. The van der Waals surface area contributed by atoms with Crippen LogP contribution < -0.4 is 10.5 Å². The smallest absolute Gasteiger partial charge is 0.259 e. The summed E-state index contributed by atoms with van der Waals surface area (Å²) < 4.78 is 35.9. The second kappa shape index (κ2) is 5.51. The molecule has 6 nitrogen and oxygen atoms in total. The molecule has 2 aromatic rings. The maximum absolute atomic E-state index is 13.8. The van der Waals surface area contributed by atoms with Crippen LogP contribution in [0.25, 0.3) is 0 Å². The van der Waals surface area contributed by atoms with E-state index in [9.17, 15) is 22.7 Å². The molecule has 0 bridgehead atoms. The Morgan fingerprint density at radius 3 is 2.43 bits per heavy atom. The Morgan fingerprint density at radius 1 is 1.19 bits per heavy atom. The second-order valence-electron chi connectivity index (χ2n) is 4.16. The van der Waals surface area contributed by atoms with Gasteiger partial charge in [-0.25, -0.2) is 17.9 Å². The highest BCUT2D eigenvalue weighted by Crippen LogP contribution is 2.21. The van der Waals surface area contributed by atoms with Crippen molar-refractivity contribution in [1.82, 2.24) is 0 Å². The first-order valence-corrected chi connectivity index (χ1v) is 7.25. The van der Waals surface area contributed by atoms with Crippen LogP contribution in [0.1, 0.15) is 10.4 Å². The Kier molecular flexibility index (Phi) is 3.92. The summed E-state index contributed by atoms with van der Waals surface area (Å²) in [6, 6.07) is 8.60. The predicted octanol–water partition coefficient (Wildman–Crippen LogP) is 1.43. The molecular formula is C13H11FN2O4S. The number of carbonyl (C=O) groups excluding carboxylic acids is 1. The average Bonchev–Trinajstić information content (AvgIpc) is 2.40. The topological polar surface area (TPSA) is 109 Å². The minimum absolute atomic E-state index is 0.0348. The van der Waals surface area contributed by atoms with Crippen LogP contribution in [-0.2, 0) is 10.0 Å². The number of nitrogens with one attached hydrogen (secondary N) is 1. The number of hydrogen-bond donors (Lipinski definition) is 3. The third-order valence-corrected chi connectivity index (χ3v) is 3.58. The van der Waals surface area contributed by atoms with E-state index in [1.807, 2.05) is 0 Å². The quantitative estimate of drug-likeness (QED) is 0.796. The number of anilines is 1. The van der Waals surface area contributed by atoms with Gasteiger partial charge in [0.2, 0.25) is 10.0 Å². The number of amides is 1. The number of aromatic hydroxyl groups is 1. The van der Waals surface area contributed by atoms with Gasteiger partial charge in [0.05, 0.1) is 16.1 Å². The van der Waals surface area contributed by atoms with Crippen molar-refractivity contribution in [3.8, 4) is 5.75 Å². The molecule has 2 aromatic carbocycles. The molecule has 0 aliphatic rings. The first-order valence-electron chi connectivity index (χ1n) is 5.71. The molecule has 0 aliphatic carbocycles. The van der Waals surface area contributed by atoms with Crippen LogP contribution in [0.3, 0.4) is 0 Å². The molecule has 0 unspecified atom stereocenters. The van der Waals surface area contributed by atoms with Gasteiger partial charge in [-0.05, 0) is 30.3 Å². The summed E-state index contributed by atoms with van der Waals surface area (Å²) >= 11 is 0. The second-order valence-corrected chi connectivity index (χ2v) is 5.72. The summed E-state index contributed by atoms with van der Waals surface area (Å²) in [6.45, 7) is 0. The van der Waals surface area contributed by atoms with Gasteiger partial charge in [-0.3, -0.25) is 4.79 Å². The van der Waals surface area contributed by atoms with Crippen LogP contribution in [0, 0.1) is 5.82 Å². The lowest BCUT2D eigenvalue weighted by Crippen LogP contribution is -2.15. The molecular weight excluding hydrogens is 299 g/mol. The molecule has 21 heavy (non-hydrogen) atoms. The molecule has 0 radical (unpaired) electrons. The number of benzene rings is 2. The molecule has 8 heteroatoms. The first-order chi connectivity index (χ1) is 9.79. The molecule has 1 amide bonds. The number of nitrogens with two attached hydrogens (primary N) is 1. The van der Waals surface area contributed by atoms with Gasteiger partial charge in [0, 0.05) is 0 Å². The summed E-state index contributed by atoms with van der Waals surface area (Å²) in [7, 11) is -4.02. The van der Waals surface area contributed by atoms with Crippen LogP contribution in [0.5, 0.6) is 5.75 Å². The number of primary sulfonamides is 1. The monoisotopic (exact) mass is 310 g/mol. The van der Waals surface area contributed by atoms with Gasteiger partial charge < -0.3 is 10.4 Å². The lowest BCUT2D eigenvalue weighted by molar-refractivity contribution is 0.102. The molecule has 0 saturated heterocycles. The molecule has 0 saturated carbocycles. The Morgan fingerprint density at radius 2 is 1.86 bits per heavy atom. The van der Waals surface area contributed by atoms with Crippen molar-refractivity contribution in [2.75, 3.05) is 5.32 Å². The standard InChI is InChI=1S/C13H11FN2O4S/c14-10-7-8(21(15,19)20)5-6-11(10)16-13(18)9-3-1-2-4-12(9)17/h1-7,17H,(H,16,18)(H2,15,19,20). The number of para-hydroxylation sites is 1. The number of phenolic OH excluding ortho intramolecular Hbond substituents is 1. The normalized spacial score (nSPS) is 11.1. The van der Waals surface area contributed by atoms with Crippen molar-refractivity contribution in [3.05, 3.63) is 53.8 Å². The molecule has 4 N–H and O–H groups in total. The van der Waals surface area contributed by atoms with Gasteiger partial charge in [0.25, 0.3) is 5.91 Å². The minimum atomic E-state index is -4.02. The number of hydrogen-bond acceptors (Lipinski definition) is 4. The zero-order valence-electron chi connectivity index (χ0n) is 10.6. The number of halogens is 1. The van der Waals surface area contributed by atoms with E-state index < -0.39 is 26.6 Å². The summed E-state index contributed by atoms with van der Waals surface area (Å²) in [5, 5.41) is 16.6. The molecule has 0 aromatic heterocycles. The van der Waals surface area contributed by atoms with Gasteiger partial charge in [0.15, 0.2) is 0 Å². The van der Waals surface area contributed by atoms with Crippen LogP contribution >= 0.6 is 0 Å². The first kappa shape index (κ1) is 14.9. The van der Waals surface area contributed by atoms with Gasteiger partial charge in [-0.15, -0.1) is 0 Å². The Bertz CT molecular complexity index is 806. The number of carbonyl (C=O) groups is 1. The van der Waals surface area contributed by atoms with Gasteiger partial charge >= 0.3 is 0 Å². The Labute approximate surface area is 120 Å². The van der Waals surface area contributed by atoms with E-state index in [0.717, 1.165) is 12.1 Å². The van der Waals surface area contributed by atoms with Crippen molar-refractivity contribution >= 4 is 21.6 Å². The van der Waals surface area contributed by atoms with E-state index in [2.05, 4.69) is 5.32 Å². The van der Waals surface area contributed by atoms with E-state index in [4.69, 9.17) is 5.14 Å². The maximum atomic E-state index is 13.8. The molecule has 2 rings (SSSR count). The Balaban J connectivity index is 2.29. The van der Waals surface area contributed by atoms with Crippen molar-refractivity contribution in [2.45, 2.75) is 4.90 Å². The largest absolute Gasteiger partial charge is 0.507 e. The third-order valence-electron chi connectivity index (χ3n) is 2.67. The fraction of sp³-hybridized carbons (Fsp3) is 0. The lowest BCUT2D eigenvalue weighted by Gasteiger charge is -2.08. The third kappa shape index (κ3) is 3.36. The van der Waals surface area contributed by atoms with Gasteiger partial charge in [0.1, 0.15) is 11.6 Å². The zero-order chi connectivity index (χ0) is 15.6. The molecule has 0 aliphatic heterocycles. The number of sulfonamides is 1. The van der Waals surface area contributed by atoms with Crippen LogP contribution in [0.2, 0.25) is 0 Å². The minimum Gasteiger partial charge on any atom is -0.507 e. The highest BCUT2D eigenvalue weighted by Gasteiger charge is 2.15. The number of rotatable bonds is 3. The van der Waals surface area contributed by atoms with Gasteiger partial charge in [-0.2, -0.15) is 0 Å². The van der Waals surface area contributed by atoms with Crippen LogP contribution in [0.15, 0.2) is 47.4 Å². The molecule has 0 fully saturated rings. The summed E-state index contributed by atoms with van der Waals surface area (Å²) in [5.74, 6) is -1.93. The predicted molar refractivity (Wildman–Crippen MR) is 73.8 cm³/mol. The average molecular weight is 310 g/mol. The van der Waals surface area contributed by atoms with Crippen molar-refractivity contribution in [3.63, 3.8) is 0 Å². The van der Waals surface area contributed by atoms with E-state index in [0.29, 0.717) is 6.07 Å². The van der Waals surface area contributed by atoms with Crippen LogP contribution in [0.4, 0.5) is 10.1 Å². The maximum Gasteiger partial charge on any atom is 0.259 e. The zero-order valence-corrected chi connectivity index (χ0v) is 11.4. The Hall–Kier alpha value is -2.45. The van der Waals surface area contributed by atoms with E-state index in [1.165, 1.54) is 24.3 Å². The van der Waals surface area contributed by atoms with E-state index >= 15 is 0 Å². The molecule has 110 valence electrons. The molecule has 0 atom stereocenters. The summed E-state index contributed by atoms with van der Waals surface area (Å²) in [5.41, 5.74) is -0.261. The highest BCUT2D eigenvalue weighted by molar-refractivity contribution is 7.89. The molecule has 0 heterocycles. The highest BCUT2D eigenvalue weighted by atomic mass is 32.2. The van der Waals surface area contributed by atoms with Crippen molar-refractivity contribution in [1.29, 1.82) is 0 Å².